The van der Waals surface area contributed by atoms with Gasteiger partial charge in [0.15, 0.2) is 0 Å². The summed E-state index contributed by atoms with van der Waals surface area (Å²) in [6.07, 6.45) is 4.59. The van der Waals surface area contributed by atoms with Gasteiger partial charge in [-0.25, -0.2) is 8.78 Å². The maximum Gasteiger partial charge on any atom is 0.226 e. The van der Waals surface area contributed by atoms with Gasteiger partial charge < -0.3 is 9.88 Å². The van der Waals surface area contributed by atoms with E-state index in [-0.39, 0.29) is 17.4 Å². The SMILES string of the molecule is O=C(C1CCCC1)N1CCc2c([nH]c3ccccc23)[C@@H]1c1cc(F)ccc1F. The molecule has 2 aromatic carbocycles. The molecule has 2 aliphatic rings. The van der Waals surface area contributed by atoms with E-state index in [1.807, 2.05) is 24.3 Å². The third kappa shape index (κ3) is 2.72. The third-order valence-electron chi connectivity index (χ3n) is 6.27. The van der Waals surface area contributed by atoms with Gasteiger partial charge in [0.05, 0.1) is 0 Å². The van der Waals surface area contributed by atoms with Crippen molar-refractivity contribution in [2.24, 2.45) is 5.92 Å². The Morgan fingerprint density at radius 3 is 2.68 bits per heavy atom. The second kappa shape index (κ2) is 6.73. The number of amides is 1. The van der Waals surface area contributed by atoms with E-state index < -0.39 is 17.7 Å². The van der Waals surface area contributed by atoms with Crippen molar-refractivity contribution in [2.45, 2.75) is 38.1 Å². The highest BCUT2D eigenvalue weighted by Gasteiger charge is 2.39. The molecule has 3 aromatic rings. The van der Waals surface area contributed by atoms with E-state index in [4.69, 9.17) is 0 Å². The topological polar surface area (TPSA) is 36.1 Å². The van der Waals surface area contributed by atoms with Crippen LogP contribution in [0, 0.1) is 17.6 Å². The molecule has 144 valence electrons. The number of aromatic amines is 1. The lowest BCUT2D eigenvalue weighted by Gasteiger charge is -2.38. The van der Waals surface area contributed by atoms with Gasteiger partial charge in [-0.3, -0.25) is 4.79 Å². The third-order valence-corrected chi connectivity index (χ3v) is 6.27. The molecular formula is C23H22F2N2O. The first kappa shape index (κ1) is 17.4. The van der Waals surface area contributed by atoms with E-state index in [1.165, 1.54) is 6.07 Å². The quantitative estimate of drug-likeness (QED) is 0.659. The lowest BCUT2D eigenvalue weighted by Crippen LogP contribution is -2.43. The van der Waals surface area contributed by atoms with Crippen LogP contribution in [0.1, 0.15) is 48.5 Å². The number of para-hydroxylation sites is 1. The zero-order valence-corrected chi connectivity index (χ0v) is 15.6. The number of rotatable bonds is 2. The largest absolute Gasteiger partial charge is 0.356 e. The van der Waals surface area contributed by atoms with E-state index in [0.717, 1.165) is 60.0 Å². The summed E-state index contributed by atoms with van der Waals surface area (Å²) in [5.74, 6) is -0.921. The first-order valence-corrected chi connectivity index (χ1v) is 9.98. The number of nitrogens with one attached hydrogen (secondary N) is 1. The molecule has 1 amide bonds. The van der Waals surface area contributed by atoms with Gasteiger partial charge in [-0.1, -0.05) is 31.0 Å². The summed E-state index contributed by atoms with van der Waals surface area (Å²) < 4.78 is 28.8. The van der Waals surface area contributed by atoms with Crippen molar-refractivity contribution in [3.8, 4) is 0 Å². The predicted molar refractivity (Wildman–Crippen MR) is 104 cm³/mol. The fraction of sp³-hybridized carbons (Fsp3) is 0.348. The normalized spacial score (nSPS) is 19.9. The minimum absolute atomic E-state index is 0.00921. The van der Waals surface area contributed by atoms with Crippen LogP contribution in [0.25, 0.3) is 10.9 Å². The molecule has 5 rings (SSSR count). The van der Waals surface area contributed by atoms with Gasteiger partial charge in [0.1, 0.15) is 17.7 Å². The molecule has 5 heteroatoms. The Morgan fingerprint density at radius 1 is 1.07 bits per heavy atom. The maximum atomic E-state index is 14.8. The Morgan fingerprint density at radius 2 is 1.86 bits per heavy atom. The molecule has 0 saturated heterocycles. The van der Waals surface area contributed by atoms with Gasteiger partial charge in [0.25, 0.3) is 0 Å². The fourth-order valence-electron chi connectivity index (χ4n) is 4.93. The highest BCUT2D eigenvalue weighted by molar-refractivity contribution is 5.87. The number of halogens is 2. The molecule has 1 aromatic heterocycles. The van der Waals surface area contributed by atoms with E-state index >= 15 is 0 Å². The molecule has 2 heterocycles. The van der Waals surface area contributed by atoms with E-state index in [1.54, 1.807) is 4.90 Å². The van der Waals surface area contributed by atoms with Crippen molar-refractivity contribution < 1.29 is 13.6 Å². The van der Waals surface area contributed by atoms with Crippen LogP contribution in [-0.4, -0.2) is 22.3 Å². The molecule has 1 aliphatic heterocycles. The predicted octanol–water partition coefficient (Wildman–Crippen LogP) is 5.11. The summed E-state index contributed by atoms with van der Waals surface area (Å²) in [4.78, 5) is 18.5. The lowest BCUT2D eigenvalue weighted by atomic mass is 9.90. The smallest absolute Gasteiger partial charge is 0.226 e. The zero-order valence-electron chi connectivity index (χ0n) is 15.6. The lowest BCUT2D eigenvalue weighted by molar-refractivity contribution is -0.137. The van der Waals surface area contributed by atoms with Gasteiger partial charge in [-0.05, 0) is 49.1 Å². The van der Waals surface area contributed by atoms with Crippen LogP contribution < -0.4 is 0 Å². The molecular weight excluding hydrogens is 358 g/mol. The van der Waals surface area contributed by atoms with E-state index in [0.29, 0.717) is 13.0 Å². The summed E-state index contributed by atoms with van der Waals surface area (Å²) >= 11 is 0. The van der Waals surface area contributed by atoms with Crippen molar-refractivity contribution in [1.82, 2.24) is 9.88 Å². The van der Waals surface area contributed by atoms with Gasteiger partial charge in [-0.2, -0.15) is 0 Å². The molecule has 1 atom stereocenters. The van der Waals surface area contributed by atoms with Crippen LogP contribution in [0.3, 0.4) is 0 Å². The summed E-state index contributed by atoms with van der Waals surface area (Å²) in [7, 11) is 0. The number of hydrogen-bond acceptors (Lipinski definition) is 1. The van der Waals surface area contributed by atoms with Gasteiger partial charge in [0.2, 0.25) is 5.91 Å². The Hall–Kier alpha value is -2.69. The van der Waals surface area contributed by atoms with Crippen molar-refractivity contribution >= 4 is 16.8 Å². The summed E-state index contributed by atoms with van der Waals surface area (Å²) in [5.41, 5.74) is 3.09. The average Bonchev–Trinajstić information content (AvgIpc) is 3.36. The van der Waals surface area contributed by atoms with Crippen LogP contribution >= 0.6 is 0 Å². The molecule has 0 radical (unpaired) electrons. The fourth-order valence-corrected chi connectivity index (χ4v) is 4.93. The number of aromatic nitrogens is 1. The van der Waals surface area contributed by atoms with Gasteiger partial charge in [0, 0.05) is 34.6 Å². The number of nitrogens with zero attached hydrogens (tertiary/aromatic N) is 1. The van der Waals surface area contributed by atoms with Crippen LogP contribution in [0.2, 0.25) is 0 Å². The molecule has 0 bridgehead atoms. The minimum atomic E-state index is -0.625. The van der Waals surface area contributed by atoms with Crippen molar-refractivity contribution in [1.29, 1.82) is 0 Å². The second-order valence-electron chi connectivity index (χ2n) is 7.89. The summed E-state index contributed by atoms with van der Waals surface area (Å²) in [5, 5.41) is 1.09. The van der Waals surface area contributed by atoms with Crippen LogP contribution in [0.5, 0.6) is 0 Å². The zero-order chi connectivity index (χ0) is 19.3. The highest BCUT2D eigenvalue weighted by Crippen LogP contribution is 2.41. The Balaban J connectivity index is 1.68. The molecule has 0 unspecified atom stereocenters. The maximum absolute atomic E-state index is 14.8. The van der Waals surface area contributed by atoms with Crippen LogP contribution in [0.15, 0.2) is 42.5 Å². The average molecular weight is 380 g/mol. The number of carbonyl (C=O) groups is 1. The first-order valence-electron chi connectivity index (χ1n) is 9.98. The number of H-pyrrole nitrogens is 1. The van der Waals surface area contributed by atoms with Crippen molar-refractivity contribution in [3.05, 3.63) is 70.9 Å². The molecule has 1 N–H and O–H groups in total. The minimum Gasteiger partial charge on any atom is -0.356 e. The van der Waals surface area contributed by atoms with Crippen LogP contribution in [0.4, 0.5) is 8.78 Å². The second-order valence-corrected chi connectivity index (χ2v) is 7.89. The van der Waals surface area contributed by atoms with Gasteiger partial charge >= 0.3 is 0 Å². The molecule has 0 spiro atoms. The molecule has 1 aliphatic carbocycles. The Labute approximate surface area is 162 Å². The summed E-state index contributed by atoms with van der Waals surface area (Å²) in [6.45, 7) is 0.519. The monoisotopic (exact) mass is 380 g/mol. The van der Waals surface area contributed by atoms with Gasteiger partial charge in [-0.15, -0.1) is 0 Å². The number of benzene rings is 2. The number of carbonyl (C=O) groups excluding carboxylic acids is 1. The number of hydrogen-bond donors (Lipinski definition) is 1. The number of fused-ring (bicyclic) bond motifs is 3. The van der Waals surface area contributed by atoms with Crippen molar-refractivity contribution in [3.63, 3.8) is 0 Å². The van der Waals surface area contributed by atoms with E-state index in [9.17, 15) is 13.6 Å². The van der Waals surface area contributed by atoms with E-state index in [2.05, 4.69) is 4.98 Å². The Kier molecular flexibility index (Phi) is 4.18. The molecule has 1 fully saturated rings. The molecule has 28 heavy (non-hydrogen) atoms. The highest BCUT2D eigenvalue weighted by atomic mass is 19.1. The summed E-state index contributed by atoms with van der Waals surface area (Å²) in [6, 6.07) is 10.8. The Bertz CT molecular complexity index is 1050. The van der Waals surface area contributed by atoms with Crippen molar-refractivity contribution in [2.75, 3.05) is 6.54 Å². The standard InChI is InChI=1S/C23H22F2N2O/c24-15-9-10-19(25)18(13-15)22-21-17(16-7-3-4-8-20(16)26-21)11-12-27(22)23(28)14-5-1-2-6-14/h3-4,7-10,13-14,22,26H,1-2,5-6,11-12H2/t22-/m0/s1. The molecule has 1 saturated carbocycles. The first-order chi connectivity index (χ1) is 13.6. The molecule has 3 nitrogen and oxygen atoms in total. The van der Waals surface area contributed by atoms with Crippen LogP contribution in [-0.2, 0) is 11.2 Å².